The first kappa shape index (κ1) is 82.8. The summed E-state index contributed by atoms with van der Waals surface area (Å²) in [5.74, 6) is 0. The van der Waals surface area contributed by atoms with Crippen molar-refractivity contribution in [3.8, 4) is 66.8 Å². The number of nitrogens with zero attached hydrogens (tertiary/aromatic N) is 3. The van der Waals surface area contributed by atoms with Crippen molar-refractivity contribution in [2.45, 2.75) is 0 Å². The monoisotopic (exact) mass is 1810 g/mol. The molecular weight excluding hydrogens is 1720 g/mol. The fourth-order valence-electron chi connectivity index (χ4n) is 20.6. The fraction of sp³-hybridized carbons (Fsp3) is 0. The minimum absolute atomic E-state index is 1.13. The van der Waals surface area contributed by atoms with Crippen LogP contribution in [0.3, 0.4) is 0 Å². The summed E-state index contributed by atoms with van der Waals surface area (Å²) in [6.45, 7) is 0. The predicted octanol–water partition coefficient (Wildman–Crippen LogP) is 39.5. The van der Waals surface area contributed by atoms with Crippen molar-refractivity contribution in [3.63, 3.8) is 0 Å². The number of benzene rings is 24. The molecule has 0 aliphatic carbocycles. The molecule has 27 rings (SSSR count). The average Bonchev–Trinajstić information content (AvgIpc) is 1.59. The minimum atomic E-state index is 1.13. The van der Waals surface area contributed by atoms with E-state index in [-0.39, 0.29) is 0 Å². The Bertz CT molecular complexity index is 9260. The summed E-state index contributed by atoms with van der Waals surface area (Å²) in [6, 6.07) is 192. The summed E-state index contributed by atoms with van der Waals surface area (Å²) >= 11 is 5.62. The smallest absolute Gasteiger partial charge is 0.0640 e. The van der Waals surface area contributed by atoms with E-state index >= 15 is 0 Å². The third-order valence-electron chi connectivity index (χ3n) is 27.1. The van der Waals surface area contributed by atoms with Gasteiger partial charge in [0, 0.05) is 95.6 Å². The van der Waals surface area contributed by atoms with E-state index in [1.165, 1.54) is 203 Å². The van der Waals surface area contributed by atoms with Gasteiger partial charge in [-0.05, 0) is 271 Å². The van der Waals surface area contributed by atoms with E-state index < -0.39 is 0 Å². The highest BCUT2D eigenvalue weighted by Gasteiger charge is 2.26. The molecule has 648 valence electrons. The van der Waals surface area contributed by atoms with E-state index in [2.05, 4.69) is 542 Å². The lowest BCUT2D eigenvalue weighted by Crippen LogP contribution is -2.10. The Morgan fingerprint density at radius 1 is 0.130 bits per heavy atom. The largest absolute Gasteiger partial charge is 0.310 e. The first-order valence-electron chi connectivity index (χ1n) is 47.1. The van der Waals surface area contributed by atoms with Gasteiger partial charge in [-0.3, -0.25) is 0 Å². The van der Waals surface area contributed by atoms with Crippen LogP contribution in [0.5, 0.6) is 0 Å². The maximum atomic E-state index is 2.42. The van der Waals surface area contributed by atoms with E-state index in [1.807, 2.05) is 34.0 Å². The average molecular weight is 1810 g/mol. The van der Waals surface area contributed by atoms with Crippen LogP contribution in [0.2, 0.25) is 0 Å². The standard InChI is InChI=1S/3C44H29NS/c1-2-15-35(16-3-1)45(36-27-25-31(26-28-36)34-24-23-30-11-4-5-13-33(30)29-34)41-21-9-20-40-43-39(19-10-22-42(43)46-44(40)41)38-18-8-14-32-12-6-7-17-37(32)38;1-2-15-35(16-3-1)45(36-27-25-31(26-28-36)34-24-23-30-11-4-5-13-33(30)29-34)40-20-10-22-42-44(40)43-39(19-9-21-41(43)46-42)38-18-8-14-32-12-6-7-17-37(32)38;1-2-14-35(15-3-1)45(36-24-22-31(23-25-36)34-21-20-30-10-4-5-12-33(30)28-34)37-26-27-41-43(29-37)46-42-19-9-18-40(44(41)42)39-17-8-13-32-11-6-7-16-38(32)39/h3*1-29H. The number of hydrogen-bond acceptors (Lipinski definition) is 6. The van der Waals surface area contributed by atoms with E-state index in [4.69, 9.17) is 0 Å². The lowest BCUT2D eigenvalue weighted by Gasteiger charge is -2.27. The van der Waals surface area contributed by atoms with Crippen molar-refractivity contribution in [2.24, 2.45) is 0 Å². The first-order chi connectivity index (χ1) is 68.4. The highest BCUT2D eigenvalue weighted by Crippen LogP contribution is 2.53. The molecule has 0 N–H and O–H groups in total. The molecule has 0 radical (unpaired) electrons. The lowest BCUT2D eigenvalue weighted by molar-refractivity contribution is 1.29. The normalized spacial score (nSPS) is 11.5. The van der Waals surface area contributed by atoms with E-state index in [0.717, 1.165) is 39.8 Å². The van der Waals surface area contributed by atoms with E-state index in [9.17, 15) is 0 Å². The summed E-state index contributed by atoms with van der Waals surface area (Å²) in [7, 11) is 0. The molecule has 0 atom stereocenters. The summed E-state index contributed by atoms with van der Waals surface area (Å²) in [4.78, 5) is 7.18. The summed E-state index contributed by atoms with van der Waals surface area (Å²) in [5.41, 5.74) is 25.3. The van der Waals surface area contributed by atoms with Gasteiger partial charge in [0.1, 0.15) is 0 Å². The number of hydrogen-bond donors (Lipinski definition) is 0. The molecule has 138 heavy (non-hydrogen) atoms. The minimum Gasteiger partial charge on any atom is -0.310 e. The lowest BCUT2D eigenvalue weighted by atomic mass is 9.94. The molecular formula is C132H87N3S3. The Balaban J connectivity index is 0.000000110. The SMILES string of the molecule is c1ccc(N(c2ccc(-c3ccc4ccccc4c3)cc2)c2ccc3c(c2)sc2cccc(-c4cccc5ccccc45)c23)cc1.c1ccc(N(c2ccc(-c3ccc4ccccc4c3)cc2)c2cccc3c2sc2cccc(-c4cccc5ccccc45)c23)cc1.c1ccc(N(c2ccc(-c3ccc4ccccc4c3)cc2)c2cccc3sc4cccc(-c5cccc6ccccc56)c4c23)cc1. The van der Waals surface area contributed by atoms with Crippen LogP contribution < -0.4 is 14.7 Å². The van der Waals surface area contributed by atoms with Crippen molar-refractivity contribution in [2.75, 3.05) is 14.7 Å². The molecule has 0 saturated carbocycles. The van der Waals surface area contributed by atoms with Gasteiger partial charge < -0.3 is 14.7 Å². The van der Waals surface area contributed by atoms with Gasteiger partial charge in [-0.15, -0.1) is 34.0 Å². The number of anilines is 9. The second-order valence-electron chi connectivity index (χ2n) is 35.2. The Morgan fingerprint density at radius 3 is 0.862 bits per heavy atom. The number of thiophene rings is 3. The molecule has 0 spiro atoms. The zero-order valence-electron chi connectivity index (χ0n) is 75.3. The molecule has 6 heteroatoms. The van der Waals surface area contributed by atoms with Crippen LogP contribution >= 0.6 is 34.0 Å². The summed E-state index contributed by atoms with van der Waals surface area (Å²) in [5, 5.41) is 23.0. The van der Waals surface area contributed by atoms with Gasteiger partial charge in [0.25, 0.3) is 0 Å². The fourth-order valence-corrected chi connectivity index (χ4v) is 24.2. The highest BCUT2D eigenvalue weighted by atomic mass is 32.1. The van der Waals surface area contributed by atoms with Crippen molar-refractivity contribution >= 4 is 210 Å². The van der Waals surface area contributed by atoms with Gasteiger partial charge in [0.15, 0.2) is 0 Å². The maximum absolute atomic E-state index is 2.42. The van der Waals surface area contributed by atoms with Crippen LogP contribution in [0.1, 0.15) is 0 Å². The molecule has 3 aromatic heterocycles. The van der Waals surface area contributed by atoms with Gasteiger partial charge in [0.2, 0.25) is 0 Å². The van der Waals surface area contributed by atoms with Gasteiger partial charge >= 0.3 is 0 Å². The maximum Gasteiger partial charge on any atom is 0.0640 e. The second-order valence-corrected chi connectivity index (χ2v) is 38.5. The van der Waals surface area contributed by atoms with Gasteiger partial charge in [0.05, 0.1) is 16.1 Å². The van der Waals surface area contributed by atoms with Gasteiger partial charge in [-0.1, -0.05) is 388 Å². The molecule has 27 aromatic rings. The molecule has 0 unspecified atom stereocenters. The zero-order chi connectivity index (χ0) is 91.4. The van der Waals surface area contributed by atoms with Gasteiger partial charge in [-0.25, -0.2) is 0 Å². The van der Waals surface area contributed by atoms with Crippen molar-refractivity contribution in [1.29, 1.82) is 0 Å². The molecule has 0 amide bonds. The topological polar surface area (TPSA) is 9.72 Å². The molecule has 24 aromatic carbocycles. The number of rotatable bonds is 15. The van der Waals surface area contributed by atoms with Crippen molar-refractivity contribution < 1.29 is 0 Å². The highest BCUT2D eigenvalue weighted by molar-refractivity contribution is 7.27. The third-order valence-corrected chi connectivity index (χ3v) is 30.6. The van der Waals surface area contributed by atoms with Crippen molar-refractivity contribution in [1.82, 2.24) is 0 Å². The second kappa shape index (κ2) is 36.0. The molecule has 3 nitrogen and oxygen atoms in total. The van der Waals surface area contributed by atoms with E-state index in [1.54, 1.807) is 0 Å². The predicted molar refractivity (Wildman–Crippen MR) is 600 cm³/mol. The zero-order valence-corrected chi connectivity index (χ0v) is 77.7. The third kappa shape index (κ3) is 15.5. The van der Waals surface area contributed by atoms with Crippen LogP contribution in [0.25, 0.3) is 192 Å². The number of fused-ring (bicyclic) bond motifs is 15. The van der Waals surface area contributed by atoms with E-state index in [0.29, 0.717) is 0 Å². The van der Waals surface area contributed by atoms with Crippen molar-refractivity contribution in [3.05, 3.63) is 528 Å². The van der Waals surface area contributed by atoms with Crippen LogP contribution in [-0.2, 0) is 0 Å². The van der Waals surface area contributed by atoms with Crippen LogP contribution in [0, 0.1) is 0 Å². The summed E-state index contributed by atoms with van der Waals surface area (Å²) < 4.78 is 7.76. The molecule has 0 fully saturated rings. The molecule has 0 aliphatic rings. The molecule has 3 heterocycles. The van der Waals surface area contributed by atoms with Crippen LogP contribution in [0.15, 0.2) is 528 Å². The molecule has 0 saturated heterocycles. The Hall–Kier alpha value is -17.1. The Kier molecular flexibility index (Phi) is 21.6. The quantitative estimate of drug-likeness (QED) is 0.101. The van der Waals surface area contributed by atoms with Crippen LogP contribution in [-0.4, -0.2) is 0 Å². The Morgan fingerprint density at radius 2 is 0.413 bits per heavy atom. The Labute approximate surface area is 813 Å². The number of para-hydroxylation sites is 3. The van der Waals surface area contributed by atoms with Crippen LogP contribution in [0.4, 0.5) is 51.2 Å². The first-order valence-corrected chi connectivity index (χ1v) is 49.5. The molecule has 0 aliphatic heterocycles. The molecule has 0 bridgehead atoms. The summed E-state index contributed by atoms with van der Waals surface area (Å²) in [6.07, 6.45) is 0. The van der Waals surface area contributed by atoms with Gasteiger partial charge in [-0.2, -0.15) is 0 Å².